The van der Waals surface area contributed by atoms with Crippen LogP contribution < -0.4 is 10.6 Å². The molecule has 126 valence electrons. The van der Waals surface area contributed by atoms with Gasteiger partial charge in [0.05, 0.1) is 11.5 Å². The van der Waals surface area contributed by atoms with Gasteiger partial charge in [0.2, 0.25) is 11.8 Å². The summed E-state index contributed by atoms with van der Waals surface area (Å²) in [6.45, 7) is 3.98. The Kier molecular flexibility index (Phi) is 6.87. The lowest BCUT2D eigenvalue weighted by atomic mass is 10.1. The van der Waals surface area contributed by atoms with Gasteiger partial charge in [0, 0.05) is 15.8 Å². The monoisotopic (exact) mass is 406 g/mol. The normalized spacial score (nSPS) is 10.3. The third-order valence-electron chi connectivity index (χ3n) is 3.45. The summed E-state index contributed by atoms with van der Waals surface area (Å²) in [5, 5.41) is 5.69. The quantitative estimate of drug-likeness (QED) is 0.748. The fourth-order valence-electron chi connectivity index (χ4n) is 2.07. The van der Waals surface area contributed by atoms with Gasteiger partial charge in [-0.25, -0.2) is 0 Å². The second kappa shape index (κ2) is 8.89. The van der Waals surface area contributed by atoms with Crippen LogP contribution in [0.2, 0.25) is 0 Å². The van der Waals surface area contributed by atoms with E-state index >= 15 is 0 Å². The lowest BCUT2D eigenvalue weighted by Crippen LogP contribution is -2.18. The van der Waals surface area contributed by atoms with Crippen molar-refractivity contribution in [3.05, 3.63) is 58.1 Å². The van der Waals surface area contributed by atoms with Gasteiger partial charge in [-0.3, -0.25) is 9.59 Å². The Labute approximate surface area is 154 Å². The summed E-state index contributed by atoms with van der Waals surface area (Å²) < 4.78 is 0.904. The molecule has 2 aromatic rings. The number of rotatable bonds is 6. The molecule has 2 rings (SSSR count). The zero-order chi connectivity index (χ0) is 17.5. The number of benzene rings is 2. The van der Waals surface area contributed by atoms with Gasteiger partial charge in [-0.15, -0.1) is 11.8 Å². The first-order chi connectivity index (χ1) is 11.5. The molecule has 4 nitrogen and oxygen atoms in total. The highest BCUT2D eigenvalue weighted by atomic mass is 79.9. The molecule has 0 saturated heterocycles. The van der Waals surface area contributed by atoms with Gasteiger partial charge in [0.1, 0.15) is 0 Å². The number of nitrogens with one attached hydrogen (secondary N) is 2. The number of thioether (sulfide) groups is 1. The lowest BCUT2D eigenvalue weighted by molar-refractivity contribution is -0.114. The predicted molar refractivity (Wildman–Crippen MR) is 105 cm³/mol. The molecule has 0 aromatic heterocycles. The summed E-state index contributed by atoms with van der Waals surface area (Å²) in [4.78, 5) is 23.9. The second-order valence-electron chi connectivity index (χ2n) is 5.35. The molecular formula is C18H19BrN2O2S. The summed E-state index contributed by atoms with van der Waals surface area (Å²) in [6, 6.07) is 13.2. The van der Waals surface area contributed by atoms with E-state index in [2.05, 4.69) is 26.6 Å². The van der Waals surface area contributed by atoms with Crippen LogP contribution in [0.4, 0.5) is 11.4 Å². The first kappa shape index (κ1) is 18.5. The van der Waals surface area contributed by atoms with Crippen molar-refractivity contribution >= 4 is 50.9 Å². The zero-order valence-corrected chi connectivity index (χ0v) is 16.0. The Hall–Kier alpha value is -1.79. The lowest BCUT2D eigenvalue weighted by Gasteiger charge is -2.10. The fraction of sp³-hybridized carbons (Fsp3) is 0.222. The third-order valence-corrected chi connectivity index (χ3v) is 4.88. The molecule has 2 amide bonds. The van der Waals surface area contributed by atoms with E-state index in [1.54, 1.807) is 0 Å². The Morgan fingerprint density at radius 1 is 1.00 bits per heavy atom. The minimum Gasteiger partial charge on any atom is -0.325 e. The topological polar surface area (TPSA) is 58.2 Å². The molecule has 0 radical (unpaired) electrons. The number of carbonyl (C=O) groups is 2. The summed E-state index contributed by atoms with van der Waals surface area (Å²) in [7, 11) is 0. The maximum Gasteiger partial charge on any atom is 0.234 e. The number of hydrogen-bond donors (Lipinski definition) is 2. The molecule has 0 saturated carbocycles. The molecule has 2 aromatic carbocycles. The first-order valence-corrected chi connectivity index (χ1v) is 9.39. The van der Waals surface area contributed by atoms with Crippen molar-refractivity contribution in [3.8, 4) is 0 Å². The van der Waals surface area contributed by atoms with Crippen LogP contribution in [0.15, 0.2) is 46.9 Å². The number of halogens is 1. The summed E-state index contributed by atoms with van der Waals surface area (Å²) in [5.41, 5.74) is 3.74. The van der Waals surface area contributed by atoms with Crippen molar-refractivity contribution in [2.24, 2.45) is 0 Å². The van der Waals surface area contributed by atoms with Crippen LogP contribution in [-0.4, -0.2) is 23.3 Å². The Morgan fingerprint density at radius 2 is 1.67 bits per heavy atom. The van der Waals surface area contributed by atoms with E-state index in [0.29, 0.717) is 0 Å². The Morgan fingerprint density at radius 3 is 2.38 bits per heavy atom. The Bertz CT molecular complexity index is 750. The van der Waals surface area contributed by atoms with Crippen molar-refractivity contribution < 1.29 is 9.59 Å². The van der Waals surface area contributed by atoms with Crippen molar-refractivity contribution in [3.63, 3.8) is 0 Å². The average Bonchev–Trinajstić information content (AvgIpc) is 2.52. The number of anilines is 2. The molecule has 6 heteroatoms. The maximum absolute atomic E-state index is 12.0. The first-order valence-electron chi connectivity index (χ1n) is 7.45. The van der Waals surface area contributed by atoms with Gasteiger partial charge in [-0.1, -0.05) is 34.1 Å². The fourth-order valence-corrected chi connectivity index (χ4v) is 3.09. The molecule has 0 aliphatic carbocycles. The maximum atomic E-state index is 12.0. The second-order valence-corrected chi connectivity index (χ2v) is 7.25. The van der Waals surface area contributed by atoms with Crippen molar-refractivity contribution in [2.45, 2.75) is 13.8 Å². The smallest absolute Gasteiger partial charge is 0.234 e. The van der Waals surface area contributed by atoms with E-state index in [0.717, 1.165) is 27.0 Å². The molecule has 0 heterocycles. The molecule has 0 aliphatic heterocycles. The highest BCUT2D eigenvalue weighted by Crippen LogP contribution is 2.18. The molecule has 2 N–H and O–H groups in total. The summed E-state index contributed by atoms with van der Waals surface area (Å²) in [6.07, 6.45) is 0. The third kappa shape index (κ3) is 5.69. The van der Waals surface area contributed by atoms with Crippen LogP contribution in [0.3, 0.4) is 0 Å². The largest absolute Gasteiger partial charge is 0.325 e. The predicted octanol–water partition coefficient (Wildman–Crippen LogP) is 4.38. The van der Waals surface area contributed by atoms with Crippen LogP contribution in [0.5, 0.6) is 0 Å². The van der Waals surface area contributed by atoms with E-state index in [-0.39, 0.29) is 23.3 Å². The van der Waals surface area contributed by atoms with Crippen LogP contribution >= 0.6 is 27.7 Å². The van der Waals surface area contributed by atoms with E-state index < -0.39 is 0 Å². The molecule has 0 fully saturated rings. The van der Waals surface area contributed by atoms with E-state index in [1.165, 1.54) is 11.8 Å². The molecule has 0 atom stereocenters. The van der Waals surface area contributed by atoms with E-state index in [9.17, 15) is 9.59 Å². The van der Waals surface area contributed by atoms with Gasteiger partial charge < -0.3 is 10.6 Å². The van der Waals surface area contributed by atoms with E-state index in [4.69, 9.17) is 0 Å². The highest BCUT2D eigenvalue weighted by molar-refractivity contribution is 9.10. The van der Waals surface area contributed by atoms with Crippen molar-refractivity contribution in [2.75, 3.05) is 22.1 Å². The molecule has 0 spiro atoms. The van der Waals surface area contributed by atoms with Crippen molar-refractivity contribution in [1.29, 1.82) is 0 Å². The minimum atomic E-state index is -0.127. The molecule has 24 heavy (non-hydrogen) atoms. The van der Waals surface area contributed by atoms with E-state index in [1.807, 2.05) is 56.3 Å². The van der Waals surface area contributed by atoms with Crippen LogP contribution in [-0.2, 0) is 9.59 Å². The molecule has 0 aliphatic rings. The summed E-state index contributed by atoms with van der Waals surface area (Å²) in [5.74, 6) is 0.230. The molecule has 0 bridgehead atoms. The molecular weight excluding hydrogens is 388 g/mol. The number of aryl methyl sites for hydroxylation is 1. The highest BCUT2D eigenvalue weighted by Gasteiger charge is 2.08. The van der Waals surface area contributed by atoms with Gasteiger partial charge in [-0.05, 0) is 49.2 Å². The van der Waals surface area contributed by atoms with Crippen LogP contribution in [0, 0.1) is 13.8 Å². The number of amides is 2. The van der Waals surface area contributed by atoms with Crippen molar-refractivity contribution in [1.82, 2.24) is 0 Å². The standard InChI is InChI=1S/C18H19BrN2O2S/c1-12-5-3-8-16(13(12)2)21-18(23)11-24-10-17(22)20-15-7-4-6-14(19)9-15/h3-9H,10-11H2,1-2H3,(H,20,22)(H,21,23). The van der Waals surface area contributed by atoms with Gasteiger partial charge in [-0.2, -0.15) is 0 Å². The zero-order valence-electron chi connectivity index (χ0n) is 13.6. The van der Waals surface area contributed by atoms with Gasteiger partial charge in [0.15, 0.2) is 0 Å². The molecule has 0 unspecified atom stereocenters. The van der Waals surface area contributed by atoms with Gasteiger partial charge in [0.25, 0.3) is 0 Å². The Balaban J connectivity index is 1.76. The average molecular weight is 407 g/mol. The minimum absolute atomic E-state index is 0.107. The SMILES string of the molecule is Cc1cccc(NC(=O)CSCC(=O)Nc2cccc(Br)c2)c1C. The number of carbonyl (C=O) groups excluding carboxylic acids is 2. The van der Waals surface area contributed by atoms with Crippen LogP contribution in [0.25, 0.3) is 0 Å². The summed E-state index contributed by atoms with van der Waals surface area (Å²) >= 11 is 4.64. The number of hydrogen-bond acceptors (Lipinski definition) is 3. The van der Waals surface area contributed by atoms with Gasteiger partial charge >= 0.3 is 0 Å². The van der Waals surface area contributed by atoms with Crippen LogP contribution in [0.1, 0.15) is 11.1 Å².